The van der Waals surface area contributed by atoms with Gasteiger partial charge in [-0.3, -0.25) is 9.69 Å². The van der Waals surface area contributed by atoms with E-state index in [4.69, 9.17) is 16.3 Å². The molecule has 1 saturated heterocycles. The van der Waals surface area contributed by atoms with Crippen LogP contribution >= 0.6 is 11.6 Å². The monoisotopic (exact) mass is 310 g/mol. The zero-order valence-electron chi connectivity index (χ0n) is 12.6. The fourth-order valence-corrected chi connectivity index (χ4v) is 2.80. The Morgan fingerprint density at radius 2 is 2.19 bits per heavy atom. The molecule has 2 unspecified atom stereocenters. The fourth-order valence-electron chi connectivity index (χ4n) is 2.68. The Balaban J connectivity index is 1.78. The van der Waals surface area contributed by atoms with Gasteiger partial charge in [-0.05, 0) is 57.1 Å². The van der Waals surface area contributed by atoms with Crippen LogP contribution in [0.15, 0.2) is 24.3 Å². The molecule has 0 saturated carbocycles. The molecule has 1 fully saturated rings. The van der Waals surface area contributed by atoms with Crippen LogP contribution in [0.1, 0.15) is 26.7 Å². The zero-order chi connectivity index (χ0) is 15.2. The van der Waals surface area contributed by atoms with Crippen molar-refractivity contribution in [2.75, 3.05) is 19.6 Å². The van der Waals surface area contributed by atoms with Crippen LogP contribution in [0.25, 0.3) is 0 Å². The minimum atomic E-state index is -0.511. The second kappa shape index (κ2) is 7.66. The first-order valence-electron chi connectivity index (χ1n) is 7.54. The average molecular weight is 311 g/mol. The van der Waals surface area contributed by atoms with Crippen molar-refractivity contribution in [3.05, 3.63) is 29.3 Å². The zero-order valence-corrected chi connectivity index (χ0v) is 13.4. The van der Waals surface area contributed by atoms with E-state index in [-0.39, 0.29) is 5.91 Å². The summed E-state index contributed by atoms with van der Waals surface area (Å²) in [6.07, 6.45) is 1.86. The smallest absolute Gasteiger partial charge is 0.260 e. The fraction of sp³-hybridized carbons (Fsp3) is 0.562. The van der Waals surface area contributed by atoms with Crippen LogP contribution in [0.3, 0.4) is 0 Å². The van der Waals surface area contributed by atoms with E-state index in [0.29, 0.717) is 23.4 Å². The van der Waals surface area contributed by atoms with Gasteiger partial charge >= 0.3 is 0 Å². The standard InChI is InChI=1S/C16H23ClN2O2/c1-3-19-10-4-5-14(19)11-18-16(20)12(2)21-15-8-6-13(17)7-9-15/h6-9,12,14H,3-5,10-11H2,1-2H3,(H,18,20). The van der Waals surface area contributed by atoms with Gasteiger partial charge in [0, 0.05) is 17.6 Å². The second-order valence-corrected chi connectivity index (χ2v) is 5.82. The summed E-state index contributed by atoms with van der Waals surface area (Å²) in [5.74, 6) is 0.575. The van der Waals surface area contributed by atoms with Gasteiger partial charge in [-0.15, -0.1) is 0 Å². The molecular formula is C16H23ClN2O2. The van der Waals surface area contributed by atoms with Gasteiger partial charge in [0.2, 0.25) is 0 Å². The Kier molecular flexibility index (Phi) is 5.88. The summed E-state index contributed by atoms with van der Waals surface area (Å²) < 4.78 is 5.62. The number of carbonyl (C=O) groups is 1. The summed E-state index contributed by atoms with van der Waals surface area (Å²) in [5, 5.41) is 3.64. The Bertz CT molecular complexity index is 464. The highest BCUT2D eigenvalue weighted by Gasteiger charge is 2.24. The van der Waals surface area contributed by atoms with E-state index in [1.54, 1.807) is 31.2 Å². The maximum atomic E-state index is 12.1. The van der Waals surface area contributed by atoms with Gasteiger partial charge in [0.15, 0.2) is 6.10 Å². The van der Waals surface area contributed by atoms with E-state index in [9.17, 15) is 4.79 Å². The maximum Gasteiger partial charge on any atom is 0.260 e. The van der Waals surface area contributed by atoms with Gasteiger partial charge in [0.1, 0.15) is 5.75 Å². The van der Waals surface area contributed by atoms with Crippen molar-refractivity contribution in [3.63, 3.8) is 0 Å². The van der Waals surface area contributed by atoms with E-state index in [0.717, 1.165) is 19.5 Å². The van der Waals surface area contributed by atoms with Gasteiger partial charge in [-0.1, -0.05) is 18.5 Å². The molecule has 1 heterocycles. The second-order valence-electron chi connectivity index (χ2n) is 5.38. The van der Waals surface area contributed by atoms with Crippen molar-refractivity contribution in [2.45, 2.75) is 38.8 Å². The van der Waals surface area contributed by atoms with Gasteiger partial charge in [-0.2, -0.15) is 0 Å². The summed E-state index contributed by atoms with van der Waals surface area (Å²) in [6, 6.07) is 7.49. The molecule has 116 valence electrons. The number of likely N-dealkylation sites (tertiary alicyclic amines) is 1. The van der Waals surface area contributed by atoms with E-state index in [2.05, 4.69) is 17.1 Å². The van der Waals surface area contributed by atoms with Crippen molar-refractivity contribution >= 4 is 17.5 Å². The third-order valence-electron chi connectivity index (χ3n) is 3.91. The lowest BCUT2D eigenvalue weighted by atomic mass is 10.2. The van der Waals surface area contributed by atoms with E-state index in [1.165, 1.54) is 6.42 Å². The van der Waals surface area contributed by atoms with Gasteiger partial charge in [-0.25, -0.2) is 0 Å². The first-order chi connectivity index (χ1) is 10.1. The number of benzene rings is 1. The largest absolute Gasteiger partial charge is 0.481 e. The number of ether oxygens (including phenoxy) is 1. The molecule has 0 aromatic heterocycles. The molecule has 1 aliphatic rings. The Morgan fingerprint density at radius 3 is 2.86 bits per heavy atom. The van der Waals surface area contributed by atoms with E-state index >= 15 is 0 Å². The molecule has 2 atom stereocenters. The van der Waals surface area contributed by atoms with Crippen molar-refractivity contribution < 1.29 is 9.53 Å². The van der Waals surface area contributed by atoms with Gasteiger partial charge < -0.3 is 10.1 Å². The number of rotatable bonds is 6. The lowest BCUT2D eigenvalue weighted by Gasteiger charge is -2.23. The number of nitrogens with one attached hydrogen (secondary N) is 1. The Hall–Kier alpha value is -1.26. The highest BCUT2D eigenvalue weighted by atomic mass is 35.5. The summed E-state index contributed by atoms with van der Waals surface area (Å²) in [4.78, 5) is 14.5. The van der Waals surface area contributed by atoms with Crippen LogP contribution in [0.4, 0.5) is 0 Å². The molecule has 1 aliphatic heterocycles. The maximum absolute atomic E-state index is 12.1. The number of carbonyl (C=O) groups excluding carboxylic acids is 1. The van der Waals surface area contributed by atoms with Crippen LogP contribution < -0.4 is 10.1 Å². The molecule has 0 bridgehead atoms. The summed E-state index contributed by atoms with van der Waals surface area (Å²) >= 11 is 5.82. The predicted molar refractivity (Wildman–Crippen MR) is 84.8 cm³/mol. The van der Waals surface area contributed by atoms with Crippen molar-refractivity contribution in [1.29, 1.82) is 0 Å². The topological polar surface area (TPSA) is 41.6 Å². The van der Waals surface area contributed by atoms with Crippen molar-refractivity contribution in [1.82, 2.24) is 10.2 Å². The molecule has 5 heteroatoms. The number of halogens is 1. The van der Waals surface area contributed by atoms with E-state index < -0.39 is 6.10 Å². The summed E-state index contributed by atoms with van der Waals surface area (Å²) in [6.45, 7) is 6.79. The highest BCUT2D eigenvalue weighted by molar-refractivity contribution is 6.30. The van der Waals surface area contributed by atoms with E-state index in [1.807, 2.05) is 0 Å². The molecule has 2 rings (SSSR count). The minimum absolute atomic E-state index is 0.0760. The number of hydrogen-bond acceptors (Lipinski definition) is 3. The quantitative estimate of drug-likeness (QED) is 0.878. The Morgan fingerprint density at radius 1 is 1.48 bits per heavy atom. The van der Waals surface area contributed by atoms with Crippen LogP contribution in [-0.4, -0.2) is 42.6 Å². The molecule has 1 N–H and O–H groups in total. The first kappa shape index (κ1) is 16.1. The third-order valence-corrected chi connectivity index (χ3v) is 4.16. The van der Waals surface area contributed by atoms with Crippen LogP contribution in [0.2, 0.25) is 5.02 Å². The summed E-state index contributed by atoms with van der Waals surface area (Å²) in [5.41, 5.74) is 0. The number of amides is 1. The lowest BCUT2D eigenvalue weighted by molar-refractivity contribution is -0.127. The number of hydrogen-bond donors (Lipinski definition) is 1. The van der Waals surface area contributed by atoms with Gasteiger partial charge in [0.05, 0.1) is 0 Å². The average Bonchev–Trinajstić information content (AvgIpc) is 2.94. The van der Waals surface area contributed by atoms with Crippen molar-refractivity contribution in [3.8, 4) is 5.75 Å². The van der Waals surface area contributed by atoms with Crippen molar-refractivity contribution in [2.24, 2.45) is 0 Å². The van der Waals surface area contributed by atoms with Crippen LogP contribution in [0.5, 0.6) is 5.75 Å². The van der Waals surface area contributed by atoms with Crippen LogP contribution in [0, 0.1) is 0 Å². The molecule has 0 spiro atoms. The molecule has 4 nitrogen and oxygen atoms in total. The lowest BCUT2D eigenvalue weighted by Crippen LogP contribution is -2.44. The normalized spacial score (nSPS) is 20.2. The predicted octanol–water partition coefficient (Wildman–Crippen LogP) is 2.71. The minimum Gasteiger partial charge on any atom is -0.481 e. The molecule has 1 aromatic rings. The third kappa shape index (κ3) is 4.61. The molecule has 1 amide bonds. The SMILES string of the molecule is CCN1CCCC1CNC(=O)C(C)Oc1ccc(Cl)cc1. The molecule has 21 heavy (non-hydrogen) atoms. The number of nitrogens with zero attached hydrogens (tertiary/aromatic N) is 1. The number of likely N-dealkylation sites (N-methyl/N-ethyl adjacent to an activating group) is 1. The molecule has 1 aromatic carbocycles. The van der Waals surface area contributed by atoms with Gasteiger partial charge in [0.25, 0.3) is 5.91 Å². The summed E-state index contributed by atoms with van der Waals surface area (Å²) in [7, 11) is 0. The highest BCUT2D eigenvalue weighted by Crippen LogP contribution is 2.17. The molecular weight excluding hydrogens is 288 g/mol. The molecule has 0 radical (unpaired) electrons. The Labute approximate surface area is 131 Å². The van der Waals surface area contributed by atoms with Crippen LogP contribution in [-0.2, 0) is 4.79 Å². The molecule has 0 aliphatic carbocycles. The first-order valence-corrected chi connectivity index (χ1v) is 7.92.